The summed E-state index contributed by atoms with van der Waals surface area (Å²) in [5.74, 6) is 1.62. The van der Waals surface area contributed by atoms with E-state index in [1.165, 1.54) is 0 Å². The average molecular weight is 871 g/mol. The van der Waals surface area contributed by atoms with Gasteiger partial charge in [0.1, 0.15) is 29.0 Å². The molecule has 1 fully saturated rings. The van der Waals surface area contributed by atoms with Gasteiger partial charge >= 0.3 is 0 Å². The first-order valence-electron chi connectivity index (χ1n) is 21.0. The van der Waals surface area contributed by atoms with Crippen molar-refractivity contribution in [1.82, 2.24) is 4.67 Å². The summed E-state index contributed by atoms with van der Waals surface area (Å²) in [6.45, 7) is 8.43. The zero-order valence-corrected chi connectivity index (χ0v) is 37.5. The van der Waals surface area contributed by atoms with E-state index in [0.717, 1.165) is 16.7 Å². The number of carbonyl (C=O) groups excluding carboxylic acids is 1. The van der Waals surface area contributed by atoms with E-state index in [-0.39, 0.29) is 44.2 Å². The van der Waals surface area contributed by atoms with Crippen molar-refractivity contribution in [2.45, 2.75) is 76.5 Å². The minimum Gasteiger partial charge on any atom is -0.497 e. The molecule has 0 spiro atoms. The third-order valence-electron chi connectivity index (χ3n) is 10.6. The number of hydrogen-bond acceptors (Lipinski definition) is 11. The zero-order chi connectivity index (χ0) is 44.8. The van der Waals surface area contributed by atoms with Crippen molar-refractivity contribution in [2.24, 2.45) is 0 Å². The molecule has 0 saturated carbocycles. The van der Waals surface area contributed by atoms with Gasteiger partial charge in [0.05, 0.1) is 63.8 Å². The molecule has 1 N–H and O–H groups in total. The Kier molecular flexibility index (Phi) is 16.7. The van der Waals surface area contributed by atoms with Crippen LogP contribution in [0.25, 0.3) is 0 Å². The fraction of sp³-hybridized carbons (Fsp3) is 0.340. The van der Waals surface area contributed by atoms with Crippen LogP contribution in [0.4, 0.5) is 5.69 Å². The van der Waals surface area contributed by atoms with Crippen LogP contribution >= 0.6 is 8.53 Å². The van der Waals surface area contributed by atoms with E-state index in [4.69, 9.17) is 32.7 Å². The minimum atomic E-state index is -1.67. The topological polar surface area (TPSA) is 145 Å². The van der Waals surface area contributed by atoms with Crippen molar-refractivity contribution in [3.8, 4) is 29.4 Å². The lowest BCUT2D eigenvalue weighted by Gasteiger charge is -2.39. The number of amides is 1. The highest BCUT2D eigenvalue weighted by atomic mass is 31.2. The number of hydrogen-bond donors (Lipinski definition) is 1. The third-order valence-corrected chi connectivity index (χ3v) is 12.8. The summed E-state index contributed by atoms with van der Waals surface area (Å²) in [7, 11) is 1.59. The first-order valence-corrected chi connectivity index (χ1v) is 22.1. The second-order valence-corrected chi connectivity index (χ2v) is 16.9. The van der Waals surface area contributed by atoms with Gasteiger partial charge in [0.2, 0.25) is 0 Å². The Hall–Kier alpha value is -5.82. The molecule has 0 aromatic heterocycles. The van der Waals surface area contributed by atoms with Crippen molar-refractivity contribution < 1.29 is 37.5 Å². The Morgan fingerprint density at radius 1 is 0.810 bits per heavy atom. The van der Waals surface area contributed by atoms with Crippen LogP contribution in [0.15, 0.2) is 127 Å². The summed E-state index contributed by atoms with van der Waals surface area (Å²) in [5.41, 5.74) is 2.91. The molecular weight excluding hydrogens is 816 g/mol. The van der Waals surface area contributed by atoms with Crippen molar-refractivity contribution in [2.75, 3.05) is 39.4 Å². The van der Waals surface area contributed by atoms with E-state index in [1.807, 2.05) is 97.1 Å². The van der Waals surface area contributed by atoms with Crippen LogP contribution in [0, 0.1) is 22.7 Å². The Morgan fingerprint density at radius 3 is 1.95 bits per heavy atom. The zero-order valence-electron chi connectivity index (χ0n) is 36.6. The lowest BCUT2D eigenvalue weighted by atomic mass is 9.80. The molecular formula is C50H55N4O8P. The monoisotopic (exact) mass is 870 g/mol. The van der Waals surface area contributed by atoms with Gasteiger partial charge in [-0.1, -0.05) is 78.9 Å². The SMILES string of the molecule is COc1ccc(C(OC[C@H]2O[C@@H](c3ccc(NC(=O)COc4ccccc4)cc3C#N)C[C@@H]2OP(OCCC#N)N(C(C)C)C(C)C)(c2ccccc2)c2ccc(OC)cc2)cc1. The number of rotatable bonds is 21. The number of nitrogens with one attached hydrogen (secondary N) is 1. The van der Waals surface area contributed by atoms with Crippen LogP contribution < -0.4 is 19.5 Å². The molecule has 1 aliphatic rings. The highest BCUT2D eigenvalue weighted by Crippen LogP contribution is 2.51. The van der Waals surface area contributed by atoms with Crippen molar-refractivity contribution >= 4 is 20.1 Å². The maximum Gasteiger partial charge on any atom is 0.262 e. The van der Waals surface area contributed by atoms with Crippen LogP contribution in [-0.2, 0) is 28.9 Å². The molecule has 4 atom stereocenters. The lowest BCUT2D eigenvalue weighted by molar-refractivity contribution is -0.118. The van der Waals surface area contributed by atoms with E-state index in [0.29, 0.717) is 40.5 Å². The number of ether oxygens (including phenoxy) is 5. The molecule has 1 saturated heterocycles. The molecule has 1 amide bonds. The quantitative estimate of drug-likeness (QED) is 0.0427. The maximum atomic E-state index is 12.9. The van der Waals surface area contributed by atoms with Crippen LogP contribution in [0.1, 0.15) is 74.5 Å². The van der Waals surface area contributed by atoms with Crippen LogP contribution in [0.5, 0.6) is 17.2 Å². The molecule has 63 heavy (non-hydrogen) atoms. The molecule has 0 radical (unpaired) electrons. The highest BCUT2D eigenvalue weighted by molar-refractivity contribution is 7.44. The summed E-state index contributed by atoms with van der Waals surface area (Å²) >= 11 is 0. The second-order valence-electron chi connectivity index (χ2n) is 15.5. The Bertz CT molecular complexity index is 2240. The van der Waals surface area contributed by atoms with Gasteiger partial charge in [-0.2, -0.15) is 10.5 Å². The van der Waals surface area contributed by atoms with Gasteiger partial charge in [-0.25, -0.2) is 4.67 Å². The van der Waals surface area contributed by atoms with Gasteiger partial charge in [-0.15, -0.1) is 0 Å². The highest BCUT2D eigenvalue weighted by Gasteiger charge is 2.45. The molecule has 1 unspecified atom stereocenters. The van der Waals surface area contributed by atoms with Crippen molar-refractivity contribution in [3.05, 3.63) is 155 Å². The maximum absolute atomic E-state index is 12.9. The fourth-order valence-corrected chi connectivity index (χ4v) is 9.50. The Balaban J connectivity index is 1.37. The Labute approximate surface area is 372 Å². The molecule has 1 aliphatic heterocycles. The van der Waals surface area contributed by atoms with Gasteiger partial charge in [0.25, 0.3) is 14.4 Å². The number of carbonyl (C=O) groups is 1. The first-order chi connectivity index (χ1) is 30.6. The molecule has 13 heteroatoms. The minimum absolute atomic E-state index is 0.0629. The Morgan fingerprint density at radius 2 is 1.40 bits per heavy atom. The molecule has 5 aromatic rings. The number of nitrogens with zero attached hydrogens (tertiary/aromatic N) is 3. The number of methoxy groups -OCH3 is 2. The first kappa shape index (κ1) is 46.7. The number of nitriles is 2. The standard InChI is InChI=1S/C50H55N4O8P/c1-35(2)54(36(3)4)63(60-29-13-28-51)62-47-31-46(45-27-22-41(30-37(45)32-52)53-49(55)34-58-44-16-11-8-12-17-44)61-48(47)33-59-50(38-14-9-7-10-15-38,39-18-23-42(56-5)24-19-39)40-20-25-43(57-6)26-21-40/h7-12,14-27,30,35-36,46-48H,13,29,31,33-34H2,1-6H3,(H,53,55)/t46-,47+,48-,63?/m1/s1. The van der Waals surface area contributed by atoms with E-state index < -0.39 is 32.4 Å². The van der Waals surface area contributed by atoms with E-state index in [2.05, 4.69) is 49.8 Å². The van der Waals surface area contributed by atoms with Gasteiger partial charge in [-0.05, 0) is 98.5 Å². The normalized spacial score (nSPS) is 16.7. The van der Waals surface area contributed by atoms with Gasteiger partial charge in [-0.3, -0.25) is 4.79 Å². The summed E-state index contributed by atoms with van der Waals surface area (Å²) in [6.07, 6.45) is -1.22. The van der Waals surface area contributed by atoms with Crippen LogP contribution in [0.2, 0.25) is 0 Å². The summed E-state index contributed by atoms with van der Waals surface area (Å²) in [6, 6.07) is 44.6. The van der Waals surface area contributed by atoms with Gasteiger partial charge in [0.15, 0.2) is 6.61 Å². The molecule has 0 aliphatic carbocycles. The second kappa shape index (κ2) is 22.5. The third kappa shape index (κ3) is 11.6. The largest absolute Gasteiger partial charge is 0.497 e. The van der Waals surface area contributed by atoms with Gasteiger partial charge < -0.3 is 38.0 Å². The average Bonchev–Trinajstić information content (AvgIpc) is 3.71. The van der Waals surface area contributed by atoms with E-state index >= 15 is 0 Å². The predicted molar refractivity (Wildman–Crippen MR) is 242 cm³/mol. The molecule has 1 heterocycles. The summed E-state index contributed by atoms with van der Waals surface area (Å²) < 4.78 is 46.6. The number of anilines is 1. The predicted octanol–water partition coefficient (Wildman–Crippen LogP) is 10.1. The molecule has 6 rings (SSSR count). The summed E-state index contributed by atoms with van der Waals surface area (Å²) in [4.78, 5) is 12.9. The van der Waals surface area contributed by atoms with Crippen molar-refractivity contribution in [3.63, 3.8) is 0 Å². The molecule has 5 aromatic carbocycles. The molecule has 328 valence electrons. The number of para-hydroxylation sites is 1. The summed E-state index contributed by atoms with van der Waals surface area (Å²) in [5, 5.41) is 22.7. The smallest absolute Gasteiger partial charge is 0.262 e. The van der Waals surface area contributed by atoms with Crippen LogP contribution in [0.3, 0.4) is 0 Å². The van der Waals surface area contributed by atoms with E-state index in [9.17, 15) is 15.3 Å². The molecule has 0 bridgehead atoms. The lowest BCUT2D eigenvalue weighted by Crippen LogP contribution is -2.39. The molecule has 12 nitrogen and oxygen atoms in total. The van der Waals surface area contributed by atoms with Gasteiger partial charge in [0, 0.05) is 24.2 Å². The van der Waals surface area contributed by atoms with E-state index in [1.54, 1.807) is 44.6 Å². The van der Waals surface area contributed by atoms with Crippen molar-refractivity contribution in [1.29, 1.82) is 10.5 Å². The fourth-order valence-electron chi connectivity index (χ4n) is 7.74. The number of benzene rings is 5. The van der Waals surface area contributed by atoms with Crippen LogP contribution in [-0.4, -0.2) is 68.9 Å².